The molecule has 2 aliphatic rings. The molecule has 24 heavy (non-hydrogen) atoms. The summed E-state index contributed by atoms with van der Waals surface area (Å²) in [6.07, 6.45) is 8.77. The predicted molar refractivity (Wildman–Crippen MR) is 106 cm³/mol. The van der Waals surface area contributed by atoms with Crippen LogP contribution < -0.4 is 0 Å². The summed E-state index contributed by atoms with van der Waals surface area (Å²) in [7, 11) is -0.0606. The highest BCUT2D eigenvalue weighted by atomic mass is 31.1. The van der Waals surface area contributed by atoms with E-state index in [1.54, 1.807) is 0 Å². The van der Waals surface area contributed by atoms with Crippen LogP contribution in [0.1, 0.15) is 87.0 Å². The standard InChI is InChI=1S/C21H41O2P/c1-8-14-20(11-4)18(7)21(22-15-13-16-23-21)17(6)19(9-2,10-3)24(20)12-5/h17-18H,8-16H2,1-7H3. The Kier molecular flexibility index (Phi) is 6.83. The molecule has 4 unspecified atom stereocenters. The molecule has 3 heteroatoms. The van der Waals surface area contributed by atoms with E-state index in [9.17, 15) is 0 Å². The van der Waals surface area contributed by atoms with E-state index in [1.165, 1.54) is 38.3 Å². The van der Waals surface area contributed by atoms with Crippen molar-refractivity contribution in [1.82, 2.24) is 0 Å². The molecule has 0 aromatic heterocycles. The van der Waals surface area contributed by atoms with E-state index >= 15 is 0 Å². The van der Waals surface area contributed by atoms with Crippen molar-refractivity contribution in [2.24, 2.45) is 11.8 Å². The van der Waals surface area contributed by atoms with Gasteiger partial charge in [-0.15, -0.1) is 0 Å². The van der Waals surface area contributed by atoms with Gasteiger partial charge in [0.1, 0.15) is 0 Å². The molecule has 1 spiro atoms. The fourth-order valence-electron chi connectivity index (χ4n) is 6.43. The Balaban J connectivity index is 2.65. The predicted octanol–water partition coefficient (Wildman–Crippen LogP) is 6.41. The second-order valence-electron chi connectivity index (χ2n) is 7.98. The summed E-state index contributed by atoms with van der Waals surface area (Å²) in [5, 5.41) is 0.786. The minimum atomic E-state index is -0.358. The third-order valence-electron chi connectivity index (χ3n) is 7.67. The van der Waals surface area contributed by atoms with E-state index in [1.807, 2.05) is 0 Å². The van der Waals surface area contributed by atoms with Gasteiger partial charge < -0.3 is 9.47 Å². The van der Waals surface area contributed by atoms with Gasteiger partial charge >= 0.3 is 0 Å². The second-order valence-corrected chi connectivity index (χ2v) is 11.2. The largest absolute Gasteiger partial charge is 0.349 e. The lowest BCUT2D eigenvalue weighted by Gasteiger charge is -2.68. The Morgan fingerprint density at radius 3 is 1.75 bits per heavy atom. The Morgan fingerprint density at radius 2 is 1.33 bits per heavy atom. The van der Waals surface area contributed by atoms with E-state index in [4.69, 9.17) is 9.47 Å². The highest BCUT2D eigenvalue weighted by Gasteiger charge is 2.67. The number of hydrogen-bond donors (Lipinski definition) is 0. The monoisotopic (exact) mass is 356 g/mol. The molecule has 2 saturated heterocycles. The third kappa shape index (κ3) is 2.71. The Labute approximate surface area is 152 Å². The lowest BCUT2D eigenvalue weighted by atomic mass is 9.69. The normalized spacial score (nSPS) is 38.4. The summed E-state index contributed by atoms with van der Waals surface area (Å²) in [4.78, 5) is 0. The van der Waals surface area contributed by atoms with Crippen LogP contribution in [0, 0.1) is 11.8 Å². The summed E-state index contributed by atoms with van der Waals surface area (Å²) in [6.45, 7) is 18.7. The summed E-state index contributed by atoms with van der Waals surface area (Å²) in [6, 6.07) is 0. The van der Waals surface area contributed by atoms with Crippen LogP contribution in [0.15, 0.2) is 0 Å². The van der Waals surface area contributed by atoms with Crippen LogP contribution >= 0.6 is 7.92 Å². The molecule has 0 aromatic rings. The van der Waals surface area contributed by atoms with Gasteiger partial charge in [-0.1, -0.05) is 62.8 Å². The highest BCUT2D eigenvalue weighted by molar-refractivity contribution is 7.61. The molecule has 0 saturated carbocycles. The first kappa shape index (κ1) is 20.7. The minimum Gasteiger partial charge on any atom is -0.349 e. The lowest BCUT2D eigenvalue weighted by molar-refractivity contribution is -0.329. The van der Waals surface area contributed by atoms with Crippen molar-refractivity contribution < 1.29 is 9.47 Å². The van der Waals surface area contributed by atoms with Crippen molar-refractivity contribution in [2.45, 2.75) is 103 Å². The number of hydrogen-bond acceptors (Lipinski definition) is 2. The van der Waals surface area contributed by atoms with Gasteiger partial charge in [-0.2, -0.15) is 0 Å². The Hall–Kier alpha value is 0.350. The van der Waals surface area contributed by atoms with Crippen molar-refractivity contribution in [3.63, 3.8) is 0 Å². The molecule has 0 bridgehead atoms. The van der Waals surface area contributed by atoms with Crippen molar-refractivity contribution in [1.29, 1.82) is 0 Å². The number of rotatable bonds is 6. The molecular weight excluding hydrogens is 315 g/mol. The Morgan fingerprint density at radius 1 is 0.833 bits per heavy atom. The molecule has 2 aliphatic heterocycles. The maximum absolute atomic E-state index is 6.57. The molecule has 2 nitrogen and oxygen atoms in total. The zero-order chi connectivity index (χ0) is 18.0. The van der Waals surface area contributed by atoms with Gasteiger partial charge in [0.2, 0.25) is 0 Å². The van der Waals surface area contributed by atoms with Crippen LogP contribution in [0.3, 0.4) is 0 Å². The summed E-state index contributed by atoms with van der Waals surface area (Å²) in [5.41, 5.74) is 0. The average Bonchev–Trinajstić information content (AvgIpc) is 2.63. The minimum absolute atomic E-state index is 0.0606. The van der Waals surface area contributed by atoms with Crippen molar-refractivity contribution in [3.8, 4) is 0 Å². The first-order chi connectivity index (χ1) is 11.5. The maximum atomic E-state index is 6.57. The van der Waals surface area contributed by atoms with Crippen molar-refractivity contribution in [2.75, 3.05) is 19.4 Å². The summed E-state index contributed by atoms with van der Waals surface area (Å²) >= 11 is 0. The Bertz CT molecular complexity index is 399. The van der Waals surface area contributed by atoms with E-state index in [0.717, 1.165) is 19.6 Å². The third-order valence-corrected chi connectivity index (χ3v) is 12.4. The molecule has 2 rings (SSSR count). The zero-order valence-corrected chi connectivity index (χ0v) is 18.2. The van der Waals surface area contributed by atoms with Gasteiger partial charge in [-0.3, -0.25) is 0 Å². The lowest BCUT2D eigenvalue weighted by Crippen LogP contribution is -2.68. The second kappa shape index (κ2) is 7.93. The first-order valence-corrected chi connectivity index (χ1v) is 12.0. The first-order valence-electron chi connectivity index (χ1n) is 10.5. The molecule has 0 aromatic carbocycles. The molecule has 0 aliphatic carbocycles. The number of ether oxygens (including phenoxy) is 2. The van der Waals surface area contributed by atoms with Gasteiger partial charge in [0.25, 0.3) is 0 Å². The van der Waals surface area contributed by atoms with Gasteiger partial charge in [-0.25, -0.2) is 0 Å². The maximum Gasteiger partial charge on any atom is 0.175 e. The smallest absolute Gasteiger partial charge is 0.175 e. The van der Waals surface area contributed by atoms with Gasteiger partial charge in [0, 0.05) is 11.8 Å². The quantitative estimate of drug-likeness (QED) is 0.512. The molecule has 0 amide bonds. The van der Waals surface area contributed by atoms with Crippen LogP contribution in [0.25, 0.3) is 0 Å². The van der Waals surface area contributed by atoms with Crippen LogP contribution in [0.5, 0.6) is 0 Å². The van der Waals surface area contributed by atoms with E-state index in [0.29, 0.717) is 22.1 Å². The zero-order valence-electron chi connectivity index (χ0n) is 17.3. The molecule has 0 radical (unpaired) electrons. The van der Waals surface area contributed by atoms with E-state index in [-0.39, 0.29) is 13.7 Å². The highest BCUT2D eigenvalue weighted by Crippen LogP contribution is 2.76. The SMILES string of the molecule is CCCC1(CC)C(C)C2(OCCCO2)C(C)C(CC)(CC)P1CC. The van der Waals surface area contributed by atoms with Crippen molar-refractivity contribution in [3.05, 3.63) is 0 Å². The topological polar surface area (TPSA) is 18.5 Å². The molecule has 2 heterocycles. The van der Waals surface area contributed by atoms with Crippen LogP contribution in [-0.2, 0) is 9.47 Å². The summed E-state index contributed by atoms with van der Waals surface area (Å²) in [5.74, 6) is 0.615. The van der Waals surface area contributed by atoms with E-state index in [2.05, 4.69) is 48.5 Å². The van der Waals surface area contributed by atoms with Crippen LogP contribution in [0.2, 0.25) is 0 Å². The van der Waals surface area contributed by atoms with Gasteiger partial charge in [-0.05, 0) is 48.6 Å². The fraction of sp³-hybridized carbons (Fsp3) is 1.00. The molecule has 142 valence electrons. The molecule has 0 N–H and O–H groups in total. The molecule has 2 fully saturated rings. The molecule has 4 atom stereocenters. The van der Waals surface area contributed by atoms with Gasteiger partial charge in [0.15, 0.2) is 5.79 Å². The fourth-order valence-corrected chi connectivity index (χ4v) is 11.5. The van der Waals surface area contributed by atoms with Crippen molar-refractivity contribution >= 4 is 7.92 Å². The van der Waals surface area contributed by atoms with Crippen LogP contribution in [0.4, 0.5) is 0 Å². The van der Waals surface area contributed by atoms with E-state index < -0.39 is 0 Å². The van der Waals surface area contributed by atoms with Crippen LogP contribution in [-0.4, -0.2) is 35.5 Å². The average molecular weight is 357 g/mol. The van der Waals surface area contributed by atoms with Gasteiger partial charge in [0.05, 0.1) is 13.2 Å². The summed E-state index contributed by atoms with van der Waals surface area (Å²) < 4.78 is 13.1. The molecular formula is C21H41O2P.